The minimum atomic E-state index is -0.193. The van der Waals surface area contributed by atoms with Gasteiger partial charge in [-0.25, -0.2) is 0 Å². The second-order valence-electron chi connectivity index (χ2n) is 9.12. The Morgan fingerprint density at radius 3 is 2.17 bits per heavy atom. The number of ether oxygens (including phenoxy) is 2. The molecule has 1 heterocycles. The zero-order valence-corrected chi connectivity index (χ0v) is 21.5. The van der Waals surface area contributed by atoms with E-state index in [0.29, 0.717) is 35.6 Å². The van der Waals surface area contributed by atoms with Crippen LogP contribution < -0.4 is 15.0 Å². The van der Waals surface area contributed by atoms with E-state index in [-0.39, 0.29) is 18.0 Å². The van der Waals surface area contributed by atoms with Crippen LogP contribution in [0.15, 0.2) is 65.5 Å². The summed E-state index contributed by atoms with van der Waals surface area (Å²) in [5.41, 5.74) is 6.05. The number of aromatic amines is 1. The van der Waals surface area contributed by atoms with Crippen molar-refractivity contribution in [2.45, 2.75) is 33.7 Å². The molecule has 0 spiro atoms. The first kappa shape index (κ1) is 25.0. The number of H-pyrrole nitrogens is 1. The standard InChI is InChI=1S/C30H32N2O4/c1-19-8-6-7-9-22(19)12-13-32(30(34)23-14-25(35-4)17-26(15-23)36-5)18-24-16-27-20(2)10-11-21(3)28(27)31-29(24)33/h6-11,14-17H,12-13,18H2,1-5H3,(H,31,33). The van der Waals surface area contributed by atoms with E-state index in [0.717, 1.165) is 27.6 Å². The van der Waals surface area contributed by atoms with Crippen molar-refractivity contribution in [3.63, 3.8) is 0 Å². The number of hydrogen-bond acceptors (Lipinski definition) is 4. The molecule has 0 fully saturated rings. The second kappa shape index (κ2) is 10.7. The third kappa shape index (κ3) is 5.28. The Kier molecular flexibility index (Phi) is 7.44. The first-order valence-corrected chi connectivity index (χ1v) is 12.0. The minimum absolute atomic E-state index is 0.183. The Labute approximate surface area is 211 Å². The van der Waals surface area contributed by atoms with Gasteiger partial charge in [-0.05, 0) is 67.6 Å². The van der Waals surface area contributed by atoms with Crippen LogP contribution in [-0.2, 0) is 13.0 Å². The molecule has 1 amide bonds. The summed E-state index contributed by atoms with van der Waals surface area (Å²) in [6.45, 7) is 6.70. The van der Waals surface area contributed by atoms with E-state index in [9.17, 15) is 9.59 Å². The van der Waals surface area contributed by atoms with Crippen molar-refractivity contribution in [3.8, 4) is 11.5 Å². The third-order valence-electron chi connectivity index (χ3n) is 6.68. The number of aryl methyl sites for hydroxylation is 3. The van der Waals surface area contributed by atoms with Crippen molar-refractivity contribution in [1.29, 1.82) is 0 Å². The van der Waals surface area contributed by atoms with E-state index in [1.807, 2.05) is 44.2 Å². The molecular formula is C30H32N2O4. The van der Waals surface area contributed by atoms with Crippen LogP contribution in [0.25, 0.3) is 10.9 Å². The monoisotopic (exact) mass is 484 g/mol. The highest BCUT2D eigenvalue weighted by atomic mass is 16.5. The molecule has 0 aliphatic rings. The van der Waals surface area contributed by atoms with E-state index >= 15 is 0 Å². The van der Waals surface area contributed by atoms with Gasteiger partial charge < -0.3 is 19.4 Å². The molecule has 0 aliphatic heterocycles. The van der Waals surface area contributed by atoms with Crippen LogP contribution in [-0.4, -0.2) is 36.6 Å². The molecule has 6 nitrogen and oxygen atoms in total. The highest BCUT2D eigenvalue weighted by molar-refractivity contribution is 5.95. The average Bonchev–Trinajstić information content (AvgIpc) is 2.89. The number of fused-ring (bicyclic) bond motifs is 1. The van der Waals surface area contributed by atoms with Crippen LogP contribution in [0.4, 0.5) is 0 Å². The summed E-state index contributed by atoms with van der Waals surface area (Å²) in [5.74, 6) is 0.874. The Hall–Kier alpha value is -4.06. The summed E-state index contributed by atoms with van der Waals surface area (Å²) in [6, 6.07) is 19.2. The van der Waals surface area contributed by atoms with Gasteiger partial charge in [0.2, 0.25) is 0 Å². The quantitative estimate of drug-likeness (QED) is 0.366. The smallest absolute Gasteiger partial charge is 0.254 e. The van der Waals surface area contributed by atoms with Crippen LogP contribution >= 0.6 is 0 Å². The molecule has 1 aromatic heterocycles. The lowest BCUT2D eigenvalue weighted by Crippen LogP contribution is -2.34. The number of nitrogens with one attached hydrogen (secondary N) is 1. The maximum Gasteiger partial charge on any atom is 0.254 e. The summed E-state index contributed by atoms with van der Waals surface area (Å²) in [6.07, 6.45) is 0.670. The number of benzene rings is 3. The van der Waals surface area contributed by atoms with Crippen LogP contribution in [0.2, 0.25) is 0 Å². The molecule has 1 N–H and O–H groups in total. The highest BCUT2D eigenvalue weighted by Crippen LogP contribution is 2.25. The largest absolute Gasteiger partial charge is 0.497 e. The van der Waals surface area contributed by atoms with E-state index in [1.54, 1.807) is 37.3 Å². The first-order chi connectivity index (χ1) is 17.3. The molecule has 36 heavy (non-hydrogen) atoms. The molecule has 0 unspecified atom stereocenters. The summed E-state index contributed by atoms with van der Waals surface area (Å²) < 4.78 is 10.8. The second-order valence-corrected chi connectivity index (χ2v) is 9.12. The van der Waals surface area contributed by atoms with Crippen LogP contribution in [0.5, 0.6) is 11.5 Å². The summed E-state index contributed by atoms with van der Waals surface area (Å²) >= 11 is 0. The van der Waals surface area contributed by atoms with Gasteiger partial charge in [0.05, 0.1) is 26.3 Å². The highest BCUT2D eigenvalue weighted by Gasteiger charge is 2.20. The number of hydrogen-bond donors (Lipinski definition) is 1. The lowest BCUT2D eigenvalue weighted by molar-refractivity contribution is 0.0743. The predicted octanol–water partition coefficient (Wildman–Crippen LogP) is 5.36. The number of rotatable bonds is 8. The molecule has 0 saturated heterocycles. The molecule has 0 radical (unpaired) electrons. The molecule has 186 valence electrons. The predicted molar refractivity (Wildman–Crippen MR) is 143 cm³/mol. The maximum atomic E-state index is 13.8. The molecule has 0 saturated carbocycles. The SMILES string of the molecule is COc1cc(OC)cc(C(=O)N(CCc2ccccc2C)Cc2cc3c(C)ccc(C)c3[nH]c2=O)c1. The fourth-order valence-electron chi connectivity index (χ4n) is 4.45. The van der Waals surface area contributed by atoms with Crippen molar-refractivity contribution in [1.82, 2.24) is 9.88 Å². The van der Waals surface area contributed by atoms with Crippen molar-refractivity contribution in [3.05, 3.63) is 104 Å². The van der Waals surface area contributed by atoms with Crippen LogP contribution in [0, 0.1) is 20.8 Å². The molecular weight excluding hydrogens is 452 g/mol. The average molecular weight is 485 g/mol. The number of carbonyl (C=O) groups excluding carboxylic acids is 1. The van der Waals surface area contributed by atoms with E-state index < -0.39 is 0 Å². The van der Waals surface area contributed by atoms with E-state index in [4.69, 9.17) is 9.47 Å². The van der Waals surface area contributed by atoms with Crippen LogP contribution in [0.1, 0.15) is 38.2 Å². The summed E-state index contributed by atoms with van der Waals surface area (Å²) in [4.78, 5) is 31.6. The first-order valence-electron chi connectivity index (χ1n) is 12.0. The van der Waals surface area contributed by atoms with Crippen LogP contribution in [0.3, 0.4) is 0 Å². The Morgan fingerprint density at radius 1 is 0.833 bits per heavy atom. The van der Waals surface area contributed by atoms with Gasteiger partial charge in [0.25, 0.3) is 11.5 Å². The zero-order chi connectivity index (χ0) is 25.8. The molecule has 0 bridgehead atoms. The fourth-order valence-corrected chi connectivity index (χ4v) is 4.45. The lowest BCUT2D eigenvalue weighted by atomic mass is 10.0. The molecule has 4 rings (SSSR count). The van der Waals surface area contributed by atoms with Crippen molar-refractivity contribution in [2.75, 3.05) is 20.8 Å². The fraction of sp³-hybridized carbons (Fsp3) is 0.267. The van der Waals surface area contributed by atoms with Crippen molar-refractivity contribution in [2.24, 2.45) is 0 Å². The topological polar surface area (TPSA) is 71.6 Å². The Bertz CT molecular complexity index is 1450. The normalized spacial score (nSPS) is 10.9. The molecule has 0 aliphatic carbocycles. The lowest BCUT2D eigenvalue weighted by Gasteiger charge is -2.24. The van der Waals surface area contributed by atoms with Gasteiger partial charge in [-0.1, -0.05) is 36.4 Å². The van der Waals surface area contributed by atoms with E-state index in [1.165, 1.54) is 5.56 Å². The van der Waals surface area contributed by atoms with Gasteiger partial charge in [-0.3, -0.25) is 9.59 Å². The molecule has 6 heteroatoms. The van der Waals surface area contributed by atoms with Gasteiger partial charge >= 0.3 is 0 Å². The minimum Gasteiger partial charge on any atom is -0.497 e. The van der Waals surface area contributed by atoms with Crippen molar-refractivity contribution >= 4 is 16.8 Å². The van der Waals surface area contributed by atoms with Gasteiger partial charge in [0, 0.05) is 29.1 Å². The number of nitrogens with zero attached hydrogens (tertiary/aromatic N) is 1. The van der Waals surface area contributed by atoms with Gasteiger partial charge in [-0.15, -0.1) is 0 Å². The van der Waals surface area contributed by atoms with Crippen molar-refractivity contribution < 1.29 is 14.3 Å². The number of aromatic nitrogens is 1. The zero-order valence-electron chi connectivity index (χ0n) is 21.5. The number of methoxy groups -OCH3 is 2. The number of amides is 1. The van der Waals surface area contributed by atoms with E-state index in [2.05, 4.69) is 24.0 Å². The summed E-state index contributed by atoms with van der Waals surface area (Å²) in [7, 11) is 3.11. The molecule has 3 aromatic carbocycles. The molecule has 4 aromatic rings. The van der Waals surface area contributed by atoms with Gasteiger partial charge in [0.1, 0.15) is 11.5 Å². The third-order valence-corrected chi connectivity index (χ3v) is 6.68. The number of pyridine rings is 1. The van der Waals surface area contributed by atoms with Gasteiger partial charge in [-0.2, -0.15) is 0 Å². The Balaban J connectivity index is 1.73. The number of carbonyl (C=O) groups is 1. The maximum absolute atomic E-state index is 13.8. The Morgan fingerprint density at radius 2 is 1.50 bits per heavy atom. The molecule has 0 atom stereocenters. The summed E-state index contributed by atoms with van der Waals surface area (Å²) in [5, 5.41) is 0.985. The van der Waals surface area contributed by atoms with Gasteiger partial charge in [0.15, 0.2) is 0 Å².